The Morgan fingerprint density at radius 1 is 1.07 bits per heavy atom. The highest BCUT2D eigenvalue weighted by Gasteiger charge is 2.25. The van der Waals surface area contributed by atoms with Gasteiger partial charge >= 0.3 is 0 Å². The molecular weight excluding hydrogens is 378 g/mol. The summed E-state index contributed by atoms with van der Waals surface area (Å²) in [5.74, 6) is 0.744. The van der Waals surface area contributed by atoms with Crippen LogP contribution in [0.2, 0.25) is 5.02 Å². The smallest absolute Gasteiger partial charge is 0.227 e. The summed E-state index contributed by atoms with van der Waals surface area (Å²) in [6.45, 7) is 0. The van der Waals surface area contributed by atoms with Gasteiger partial charge in [0, 0.05) is 30.5 Å². The third-order valence-corrected chi connectivity index (χ3v) is 5.33. The van der Waals surface area contributed by atoms with Gasteiger partial charge in [-0.1, -0.05) is 47.6 Å². The first-order valence-electron chi connectivity index (χ1n) is 8.58. The number of hydrogen-bond acceptors (Lipinski definition) is 5. The van der Waals surface area contributed by atoms with Crippen LogP contribution in [0.1, 0.15) is 17.2 Å². The molecule has 0 spiro atoms. The lowest BCUT2D eigenvalue weighted by Gasteiger charge is -2.25. The first-order chi connectivity index (χ1) is 13.0. The molecule has 1 N–H and O–H groups in total. The minimum absolute atomic E-state index is 0.0310. The van der Waals surface area contributed by atoms with Crippen LogP contribution in [0.4, 0.5) is 11.6 Å². The fraction of sp³-hybridized carbons (Fsp3) is 0.200. The number of aromatic nitrogens is 3. The normalized spacial score (nSPS) is 15.7. The van der Waals surface area contributed by atoms with Gasteiger partial charge in [0.25, 0.3) is 0 Å². The summed E-state index contributed by atoms with van der Waals surface area (Å²) in [6, 6.07) is 16.3. The Kier molecular flexibility index (Phi) is 4.85. The third-order valence-electron chi connectivity index (χ3n) is 4.54. The highest BCUT2D eigenvalue weighted by Crippen LogP contribution is 2.34. The number of rotatable bonds is 4. The van der Waals surface area contributed by atoms with E-state index < -0.39 is 0 Å². The molecule has 0 radical (unpaired) electrons. The first-order valence-corrected chi connectivity index (χ1v) is 10.2. The minimum atomic E-state index is -0.0310. The van der Waals surface area contributed by atoms with E-state index in [4.69, 9.17) is 11.6 Å². The Bertz CT molecular complexity index is 977. The number of anilines is 2. The van der Waals surface area contributed by atoms with Gasteiger partial charge in [-0.2, -0.15) is 4.98 Å². The van der Waals surface area contributed by atoms with Crippen molar-refractivity contribution < 1.29 is 0 Å². The van der Waals surface area contributed by atoms with Gasteiger partial charge in [-0.25, -0.2) is 4.68 Å². The van der Waals surface area contributed by atoms with Crippen LogP contribution < -0.4 is 10.2 Å². The molecule has 2 heterocycles. The molecule has 1 aliphatic rings. The van der Waals surface area contributed by atoms with E-state index in [1.165, 1.54) is 17.4 Å². The molecule has 2 aromatic carbocycles. The molecule has 0 fully saturated rings. The van der Waals surface area contributed by atoms with Gasteiger partial charge in [0.05, 0.1) is 0 Å². The number of nitrogens with zero attached hydrogens (tertiary/aromatic N) is 4. The van der Waals surface area contributed by atoms with Crippen LogP contribution in [0, 0.1) is 0 Å². The zero-order valence-corrected chi connectivity index (χ0v) is 16.9. The summed E-state index contributed by atoms with van der Waals surface area (Å²) in [6.07, 6.45) is 4.16. The Morgan fingerprint density at radius 3 is 2.41 bits per heavy atom. The van der Waals surface area contributed by atoms with Crippen LogP contribution in [0.5, 0.6) is 0 Å². The summed E-state index contributed by atoms with van der Waals surface area (Å²) in [5, 5.41) is 9.53. The number of fused-ring (bicyclic) bond motifs is 1. The Morgan fingerprint density at radius 2 is 1.78 bits per heavy atom. The highest BCUT2D eigenvalue weighted by molar-refractivity contribution is 7.98. The van der Waals surface area contributed by atoms with Crippen LogP contribution in [0.15, 0.2) is 59.8 Å². The molecule has 0 unspecified atom stereocenters. The average Bonchev–Trinajstić information content (AvgIpc) is 3.11. The molecule has 5 nitrogen and oxygen atoms in total. The molecule has 27 heavy (non-hydrogen) atoms. The van der Waals surface area contributed by atoms with Gasteiger partial charge < -0.3 is 10.2 Å². The first kappa shape index (κ1) is 17.9. The maximum absolute atomic E-state index is 6.05. The van der Waals surface area contributed by atoms with Crippen molar-refractivity contribution in [2.45, 2.75) is 11.2 Å². The quantitative estimate of drug-likeness (QED) is 0.642. The second kappa shape index (κ2) is 7.29. The summed E-state index contributed by atoms with van der Waals surface area (Å²) >= 11 is 7.58. The van der Waals surface area contributed by atoms with Gasteiger partial charge in [-0.15, -0.1) is 5.10 Å². The number of nitrogens with one attached hydrogen (secondary N) is 1. The van der Waals surface area contributed by atoms with E-state index >= 15 is 0 Å². The van der Waals surface area contributed by atoms with Gasteiger partial charge in [-0.05, 0) is 47.7 Å². The molecule has 1 aromatic heterocycles. The molecule has 3 aromatic rings. The number of thioether (sulfide) groups is 1. The van der Waals surface area contributed by atoms with Crippen LogP contribution >= 0.6 is 23.4 Å². The number of hydrogen-bond donors (Lipinski definition) is 1. The molecule has 0 amide bonds. The molecule has 7 heteroatoms. The molecular formula is C20H20ClN5S. The second-order valence-electron chi connectivity index (χ2n) is 6.51. The Balaban J connectivity index is 1.78. The average molecular weight is 398 g/mol. The van der Waals surface area contributed by atoms with E-state index in [0.29, 0.717) is 0 Å². The Labute approximate surface area is 168 Å². The zero-order chi connectivity index (χ0) is 19.0. The van der Waals surface area contributed by atoms with Gasteiger partial charge in [-0.3, -0.25) is 0 Å². The highest BCUT2D eigenvalue weighted by atomic mass is 35.5. The molecule has 0 saturated carbocycles. The third kappa shape index (κ3) is 3.55. The maximum Gasteiger partial charge on any atom is 0.227 e. The van der Waals surface area contributed by atoms with E-state index in [0.717, 1.165) is 33.0 Å². The molecule has 1 atom stereocenters. The van der Waals surface area contributed by atoms with Crippen molar-refractivity contribution in [3.05, 3.63) is 70.8 Å². The van der Waals surface area contributed by atoms with Crippen molar-refractivity contribution in [1.29, 1.82) is 0 Å². The van der Waals surface area contributed by atoms with E-state index in [1.807, 2.05) is 49.3 Å². The van der Waals surface area contributed by atoms with E-state index in [-0.39, 0.29) is 6.04 Å². The molecule has 0 aliphatic carbocycles. The standard InChI is InChI=1S/C20H20ClN5S/c1-25(2)16-10-6-14(7-11-16)18-12-17(13-4-8-15(21)9-5-13)22-19-23-20(27-3)24-26(18)19/h4-12,18H,1-3H3,(H,22,23,24)/t18-/m1/s1. The molecule has 0 bridgehead atoms. The van der Waals surface area contributed by atoms with Crippen molar-refractivity contribution >= 4 is 40.7 Å². The fourth-order valence-corrected chi connectivity index (χ4v) is 3.54. The van der Waals surface area contributed by atoms with E-state index in [9.17, 15) is 0 Å². The minimum Gasteiger partial charge on any atom is -0.378 e. The molecule has 1 aliphatic heterocycles. The predicted octanol–water partition coefficient (Wildman–Crippen LogP) is 4.78. The van der Waals surface area contributed by atoms with Crippen LogP contribution in [0.3, 0.4) is 0 Å². The monoisotopic (exact) mass is 397 g/mol. The lowest BCUT2D eigenvalue weighted by atomic mass is 10.0. The fourth-order valence-electron chi connectivity index (χ4n) is 3.06. The van der Waals surface area contributed by atoms with Gasteiger partial charge in [0.1, 0.15) is 6.04 Å². The topological polar surface area (TPSA) is 46.0 Å². The number of allylic oxidation sites excluding steroid dienone is 1. The van der Waals surface area contributed by atoms with Crippen molar-refractivity contribution in [3.63, 3.8) is 0 Å². The lowest BCUT2D eigenvalue weighted by molar-refractivity contribution is 0.598. The van der Waals surface area contributed by atoms with Crippen LogP contribution in [-0.4, -0.2) is 35.1 Å². The zero-order valence-electron chi connectivity index (χ0n) is 15.3. The molecule has 4 rings (SSSR count). The van der Waals surface area contributed by atoms with Crippen LogP contribution in [0.25, 0.3) is 5.70 Å². The van der Waals surface area contributed by atoms with Crippen molar-refractivity contribution in [2.24, 2.45) is 0 Å². The lowest BCUT2D eigenvalue weighted by Crippen LogP contribution is -2.20. The van der Waals surface area contributed by atoms with Crippen molar-refractivity contribution in [2.75, 3.05) is 30.6 Å². The summed E-state index contributed by atoms with van der Waals surface area (Å²) in [7, 11) is 4.08. The summed E-state index contributed by atoms with van der Waals surface area (Å²) in [5.41, 5.74) is 4.39. The SMILES string of the molecule is CSc1nc2n(n1)[C@@H](c1ccc(N(C)C)cc1)C=C(c1ccc(Cl)cc1)N2. The molecule has 0 saturated heterocycles. The summed E-state index contributed by atoms with van der Waals surface area (Å²) < 4.78 is 1.94. The van der Waals surface area contributed by atoms with Gasteiger partial charge in [0.15, 0.2) is 0 Å². The number of benzene rings is 2. The Hall–Kier alpha value is -2.44. The van der Waals surface area contributed by atoms with Crippen molar-refractivity contribution in [1.82, 2.24) is 14.8 Å². The van der Waals surface area contributed by atoms with Gasteiger partial charge in [0.2, 0.25) is 11.1 Å². The van der Waals surface area contributed by atoms with Crippen LogP contribution in [-0.2, 0) is 0 Å². The number of halogens is 1. The van der Waals surface area contributed by atoms with E-state index in [1.54, 1.807) is 0 Å². The van der Waals surface area contributed by atoms with Crippen molar-refractivity contribution in [3.8, 4) is 0 Å². The second-order valence-corrected chi connectivity index (χ2v) is 7.72. The molecule has 138 valence electrons. The summed E-state index contributed by atoms with van der Waals surface area (Å²) in [4.78, 5) is 6.70. The predicted molar refractivity (Wildman–Crippen MR) is 114 cm³/mol. The van der Waals surface area contributed by atoms with E-state index in [2.05, 4.69) is 50.6 Å². The maximum atomic E-state index is 6.05. The largest absolute Gasteiger partial charge is 0.378 e.